The van der Waals surface area contributed by atoms with Crippen LogP contribution in [0, 0.1) is 32.1 Å². The Hall–Kier alpha value is -3.33. The number of nitriles is 1. The molecule has 1 aromatic carbocycles. The first-order chi connectivity index (χ1) is 12.8. The van der Waals surface area contributed by atoms with Crippen molar-refractivity contribution in [1.29, 1.82) is 5.26 Å². The lowest BCUT2D eigenvalue weighted by atomic mass is 10.1. The van der Waals surface area contributed by atoms with Gasteiger partial charge in [-0.25, -0.2) is 9.59 Å². The van der Waals surface area contributed by atoms with Gasteiger partial charge in [0.15, 0.2) is 0 Å². The van der Waals surface area contributed by atoms with Gasteiger partial charge in [-0.15, -0.1) is 0 Å². The van der Waals surface area contributed by atoms with Gasteiger partial charge >= 0.3 is 11.9 Å². The van der Waals surface area contributed by atoms with Crippen LogP contribution in [-0.2, 0) is 14.3 Å². The first-order valence-electron chi connectivity index (χ1n) is 8.51. The molecule has 0 spiro atoms. The fraction of sp³-hybridized carbons (Fsp3) is 0.286. The Morgan fingerprint density at radius 2 is 1.96 bits per heavy atom. The standard InChI is InChI=1S/C21H22N2O4/c1-6-27-20(24)17(12-22)11-16-10-13(2)23(15(16)4)19-9-7-8-18(14(19)3)21(25)26-5/h7-11H,6H2,1-5H3. The van der Waals surface area contributed by atoms with Gasteiger partial charge in [-0.1, -0.05) is 6.07 Å². The van der Waals surface area contributed by atoms with Crippen LogP contribution in [-0.4, -0.2) is 30.2 Å². The average molecular weight is 366 g/mol. The molecule has 0 aliphatic rings. The van der Waals surface area contributed by atoms with Crippen LogP contribution in [0.15, 0.2) is 29.8 Å². The van der Waals surface area contributed by atoms with Gasteiger partial charge in [-0.3, -0.25) is 0 Å². The van der Waals surface area contributed by atoms with Gasteiger partial charge in [0.1, 0.15) is 11.6 Å². The highest BCUT2D eigenvalue weighted by Crippen LogP contribution is 2.26. The van der Waals surface area contributed by atoms with E-state index in [4.69, 9.17) is 9.47 Å². The van der Waals surface area contributed by atoms with Crippen LogP contribution in [0.5, 0.6) is 0 Å². The predicted octanol–water partition coefficient (Wildman–Crippen LogP) is 3.66. The highest BCUT2D eigenvalue weighted by Gasteiger charge is 2.18. The van der Waals surface area contributed by atoms with Crippen LogP contribution in [0.4, 0.5) is 0 Å². The summed E-state index contributed by atoms with van der Waals surface area (Å²) in [6, 6.07) is 9.19. The Bertz CT molecular complexity index is 961. The molecule has 0 radical (unpaired) electrons. The van der Waals surface area contributed by atoms with Crippen LogP contribution in [0.2, 0.25) is 0 Å². The summed E-state index contributed by atoms with van der Waals surface area (Å²) in [5.41, 5.74) is 4.54. The SMILES string of the molecule is CCOC(=O)C(C#N)=Cc1cc(C)n(-c2cccc(C(=O)OC)c2C)c1C. The molecule has 0 aliphatic heterocycles. The van der Waals surface area contributed by atoms with Gasteiger partial charge in [0.2, 0.25) is 0 Å². The van der Waals surface area contributed by atoms with Crippen LogP contribution >= 0.6 is 0 Å². The summed E-state index contributed by atoms with van der Waals surface area (Å²) in [6.45, 7) is 7.57. The molecule has 0 aliphatic carbocycles. The molecule has 2 aromatic rings. The number of hydrogen-bond donors (Lipinski definition) is 0. The Morgan fingerprint density at radius 1 is 1.26 bits per heavy atom. The van der Waals surface area contributed by atoms with Crippen LogP contribution in [0.3, 0.4) is 0 Å². The normalized spacial score (nSPS) is 11.0. The second kappa shape index (κ2) is 8.37. The zero-order valence-corrected chi connectivity index (χ0v) is 16.1. The molecule has 6 heteroatoms. The number of hydrogen-bond acceptors (Lipinski definition) is 5. The molecule has 6 nitrogen and oxygen atoms in total. The van der Waals surface area contributed by atoms with E-state index in [2.05, 4.69) is 0 Å². The molecule has 0 atom stereocenters. The number of carbonyl (C=O) groups excluding carboxylic acids is 2. The Morgan fingerprint density at radius 3 is 2.56 bits per heavy atom. The van der Waals surface area contributed by atoms with Gasteiger partial charge < -0.3 is 14.0 Å². The quantitative estimate of drug-likeness (QED) is 0.458. The van der Waals surface area contributed by atoms with Gasteiger partial charge in [0, 0.05) is 17.1 Å². The molecule has 0 fully saturated rings. The Kier molecular flexibility index (Phi) is 6.19. The lowest BCUT2D eigenvalue weighted by Gasteiger charge is -2.15. The average Bonchev–Trinajstić information content (AvgIpc) is 2.92. The van der Waals surface area contributed by atoms with Gasteiger partial charge in [0.05, 0.1) is 19.3 Å². The smallest absolute Gasteiger partial charge is 0.348 e. The summed E-state index contributed by atoms with van der Waals surface area (Å²) in [5, 5.41) is 9.26. The molecule has 1 aromatic heterocycles. The molecular weight excluding hydrogens is 344 g/mol. The largest absolute Gasteiger partial charge is 0.465 e. The second-order valence-corrected chi connectivity index (χ2v) is 5.99. The summed E-state index contributed by atoms with van der Waals surface area (Å²) in [5.74, 6) is -1.04. The number of nitrogens with zero attached hydrogens (tertiary/aromatic N) is 2. The number of methoxy groups -OCH3 is 1. The molecule has 0 unspecified atom stereocenters. The second-order valence-electron chi connectivity index (χ2n) is 5.99. The maximum Gasteiger partial charge on any atom is 0.348 e. The van der Waals surface area contributed by atoms with E-state index in [0.717, 1.165) is 28.2 Å². The van der Waals surface area contributed by atoms with Crippen molar-refractivity contribution < 1.29 is 19.1 Å². The van der Waals surface area contributed by atoms with Crippen LogP contribution in [0.25, 0.3) is 11.8 Å². The number of carbonyl (C=O) groups is 2. The first-order valence-corrected chi connectivity index (χ1v) is 8.51. The van der Waals surface area contributed by atoms with Crippen molar-refractivity contribution in [2.45, 2.75) is 27.7 Å². The minimum absolute atomic E-state index is 0.0582. The summed E-state index contributed by atoms with van der Waals surface area (Å²) in [7, 11) is 1.35. The molecule has 1 heterocycles. The van der Waals surface area contributed by atoms with Crippen molar-refractivity contribution in [3.63, 3.8) is 0 Å². The molecule has 0 amide bonds. The first kappa shape index (κ1) is 20.0. The third-order valence-corrected chi connectivity index (χ3v) is 4.34. The van der Waals surface area contributed by atoms with E-state index in [1.54, 1.807) is 19.1 Å². The highest BCUT2D eigenvalue weighted by atomic mass is 16.5. The number of aromatic nitrogens is 1. The van der Waals surface area contributed by atoms with Crippen molar-refractivity contribution in [2.75, 3.05) is 13.7 Å². The van der Waals surface area contributed by atoms with Crippen LogP contribution in [0.1, 0.15) is 39.8 Å². The highest BCUT2D eigenvalue weighted by molar-refractivity contribution is 5.98. The van der Waals surface area contributed by atoms with E-state index in [9.17, 15) is 14.9 Å². The van der Waals surface area contributed by atoms with E-state index in [1.807, 2.05) is 43.5 Å². The minimum Gasteiger partial charge on any atom is -0.465 e. The lowest BCUT2D eigenvalue weighted by molar-refractivity contribution is -0.137. The van der Waals surface area contributed by atoms with Crippen molar-refractivity contribution in [2.24, 2.45) is 0 Å². The third kappa shape index (κ3) is 3.93. The predicted molar refractivity (Wildman–Crippen MR) is 102 cm³/mol. The monoisotopic (exact) mass is 366 g/mol. The zero-order valence-electron chi connectivity index (χ0n) is 16.1. The van der Waals surface area contributed by atoms with E-state index in [0.29, 0.717) is 5.56 Å². The number of ether oxygens (including phenoxy) is 2. The maximum atomic E-state index is 12.0. The zero-order chi connectivity index (χ0) is 20.1. The van der Waals surface area contributed by atoms with Crippen molar-refractivity contribution in [1.82, 2.24) is 4.57 Å². The van der Waals surface area contributed by atoms with Crippen molar-refractivity contribution in [3.8, 4) is 11.8 Å². The molecule has 0 bridgehead atoms. The molecule has 27 heavy (non-hydrogen) atoms. The van der Waals surface area contributed by atoms with Crippen LogP contribution < -0.4 is 0 Å². The van der Waals surface area contributed by atoms with Gasteiger partial charge in [0.25, 0.3) is 0 Å². The molecule has 0 N–H and O–H groups in total. The molecule has 2 rings (SSSR count). The van der Waals surface area contributed by atoms with E-state index < -0.39 is 11.9 Å². The summed E-state index contributed by atoms with van der Waals surface area (Å²) in [4.78, 5) is 23.9. The summed E-state index contributed by atoms with van der Waals surface area (Å²) >= 11 is 0. The topological polar surface area (TPSA) is 81.3 Å². The van der Waals surface area contributed by atoms with Gasteiger partial charge in [-0.2, -0.15) is 5.26 Å². The fourth-order valence-corrected chi connectivity index (χ4v) is 3.00. The number of rotatable bonds is 5. The number of esters is 2. The lowest BCUT2D eigenvalue weighted by Crippen LogP contribution is -2.09. The molecule has 0 saturated carbocycles. The van der Waals surface area contributed by atoms with Gasteiger partial charge in [-0.05, 0) is 63.1 Å². The Labute approximate surface area is 158 Å². The summed E-state index contributed by atoms with van der Waals surface area (Å²) < 4.78 is 11.7. The minimum atomic E-state index is -0.645. The number of aryl methyl sites for hydroxylation is 1. The Balaban J connectivity index is 2.59. The number of benzene rings is 1. The third-order valence-electron chi connectivity index (χ3n) is 4.34. The molecule has 0 saturated heterocycles. The maximum absolute atomic E-state index is 12.0. The van der Waals surface area contributed by atoms with Crippen molar-refractivity contribution >= 4 is 18.0 Å². The molecule has 140 valence electrons. The van der Waals surface area contributed by atoms with E-state index in [1.165, 1.54) is 13.2 Å². The molecular formula is C21H22N2O4. The van der Waals surface area contributed by atoms with E-state index in [-0.39, 0.29) is 12.2 Å². The summed E-state index contributed by atoms with van der Waals surface area (Å²) in [6.07, 6.45) is 1.52. The fourth-order valence-electron chi connectivity index (χ4n) is 3.00. The van der Waals surface area contributed by atoms with E-state index >= 15 is 0 Å². The van der Waals surface area contributed by atoms with Crippen molar-refractivity contribution in [3.05, 3.63) is 57.9 Å².